The molecule has 1 fully saturated rings. The zero-order valence-corrected chi connectivity index (χ0v) is 16.7. The number of piperazine rings is 1. The van der Waals surface area contributed by atoms with Crippen LogP contribution in [-0.2, 0) is 7.05 Å². The topological polar surface area (TPSA) is 90.9 Å². The molecule has 0 atom stereocenters. The minimum Gasteiger partial charge on any atom is -0.368 e. The third-order valence-corrected chi connectivity index (χ3v) is 5.46. The van der Waals surface area contributed by atoms with Gasteiger partial charge in [0.2, 0.25) is 0 Å². The quantitative estimate of drug-likeness (QED) is 0.487. The Labute approximate surface area is 173 Å². The van der Waals surface area contributed by atoms with E-state index < -0.39 is 0 Å². The zero-order valence-electron chi connectivity index (χ0n) is 16.7. The lowest BCUT2D eigenvalue weighted by Crippen LogP contribution is -2.43. The Morgan fingerprint density at radius 3 is 2.70 bits per heavy atom. The van der Waals surface area contributed by atoms with Crippen LogP contribution in [0.3, 0.4) is 0 Å². The maximum absolute atomic E-state index is 12.9. The van der Waals surface area contributed by atoms with Crippen LogP contribution in [0.1, 0.15) is 0 Å². The first-order valence-corrected chi connectivity index (χ1v) is 10.0. The van der Waals surface area contributed by atoms with Gasteiger partial charge in [0.1, 0.15) is 5.82 Å². The Hall–Kier alpha value is -3.65. The third-order valence-electron chi connectivity index (χ3n) is 5.46. The lowest BCUT2D eigenvalue weighted by atomic mass is 10.1. The van der Waals surface area contributed by atoms with Crippen LogP contribution in [0, 0.1) is 0 Å². The van der Waals surface area contributed by atoms with Crippen molar-refractivity contribution in [1.82, 2.24) is 24.8 Å². The fourth-order valence-electron chi connectivity index (χ4n) is 3.89. The number of H-pyrrole nitrogens is 1. The Kier molecular flexibility index (Phi) is 4.68. The molecule has 8 nitrogen and oxygen atoms in total. The molecule has 3 aromatic heterocycles. The fourth-order valence-corrected chi connectivity index (χ4v) is 3.89. The average molecular weight is 401 g/mol. The fraction of sp³-hybridized carbons (Fsp3) is 0.227. The van der Waals surface area contributed by atoms with Crippen molar-refractivity contribution < 1.29 is 0 Å². The van der Waals surface area contributed by atoms with Crippen molar-refractivity contribution in [2.24, 2.45) is 7.05 Å². The van der Waals surface area contributed by atoms with Crippen LogP contribution in [-0.4, -0.2) is 45.7 Å². The number of benzene rings is 1. The van der Waals surface area contributed by atoms with Crippen LogP contribution in [0.5, 0.6) is 0 Å². The summed E-state index contributed by atoms with van der Waals surface area (Å²) in [5, 5.41) is 8.13. The smallest absolute Gasteiger partial charge is 0.258 e. The second kappa shape index (κ2) is 7.64. The van der Waals surface area contributed by atoms with Gasteiger partial charge in [-0.15, -0.1) is 0 Å². The number of aryl methyl sites for hydroxylation is 1. The summed E-state index contributed by atoms with van der Waals surface area (Å²) in [6.45, 7) is 3.93. The highest BCUT2D eigenvalue weighted by atomic mass is 16.1. The van der Waals surface area contributed by atoms with Crippen molar-refractivity contribution >= 4 is 28.0 Å². The normalized spacial score (nSPS) is 14.2. The maximum atomic E-state index is 12.9. The SMILES string of the molecule is Cn1cncc1-c1cc2cccc(Nc3ccc(N4CCNCC4)cn3)c2c(=O)[nH]1. The number of rotatable bonds is 4. The summed E-state index contributed by atoms with van der Waals surface area (Å²) in [5.74, 6) is 0.705. The van der Waals surface area contributed by atoms with Gasteiger partial charge in [-0.1, -0.05) is 12.1 Å². The molecule has 152 valence electrons. The number of aromatic amines is 1. The van der Waals surface area contributed by atoms with E-state index in [4.69, 9.17) is 0 Å². The Balaban J connectivity index is 1.46. The minimum atomic E-state index is -0.149. The van der Waals surface area contributed by atoms with Gasteiger partial charge in [-0.25, -0.2) is 9.97 Å². The molecule has 4 aromatic rings. The first kappa shape index (κ1) is 18.4. The van der Waals surface area contributed by atoms with E-state index in [9.17, 15) is 4.79 Å². The molecule has 1 aliphatic rings. The van der Waals surface area contributed by atoms with Crippen molar-refractivity contribution in [1.29, 1.82) is 0 Å². The first-order chi connectivity index (χ1) is 14.7. The highest BCUT2D eigenvalue weighted by Crippen LogP contribution is 2.26. The Morgan fingerprint density at radius 2 is 1.97 bits per heavy atom. The largest absolute Gasteiger partial charge is 0.368 e. The number of aromatic nitrogens is 4. The van der Waals surface area contributed by atoms with Gasteiger partial charge in [0, 0.05) is 33.2 Å². The molecule has 0 bridgehead atoms. The predicted octanol–water partition coefficient (Wildman–Crippen LogP) is 2.48. The molecule has 0 unspecified atom stereocenters. The summed E-state index contributed by atoms with van der Waals surface area (Å²) in [7, 11) is 1.90. The van der Waals surface area contributed by atoms with Crippen molar-refractivity contribution in [3.05, 3.63) is 65.5 Å². The highest BCUT2D eigenvalue weighted by molar-refractivity contribution is 5.96. The van der Waals surface area contributed by atoms with E-state index in [0.29, 0.717) is 11.2 Å². The number of fused-ring (bicyclic) bond motifs is 1. The molecule has 0 radical (unpaired) electrons. The molecule has 5 rings (SSSR count). The third kappa shape index (κ3) is 3.42. The van der Waals surface area contributed by atoms with Crippen LogP contribution in [0.15, 0.2) is 59.9 Å². The molecule has 1 aliphatic heterocycles. The van der Waals surface area contributed by atoms with Gasteiger partial charge in [0.15, 0.2) is 0 Å². The molecule has 1 aromatic carbocycles. The molecule has 1 saturated heterocycles. The van der Waals surface area contributed by atoms with Crippen molar-refractivity contribution in [2.75, 3.05) is 36.4 Å². The molecule has 30 heavy (non-hydrogen) atoms. The number of hydrogen-bond donors (Lipinski definition) is 3. The van der Waals surface area contributed by atoms with Gasteiger partial charge in [0.05, 0.1) is 46.9 Å². The Bertz CT molecular complexity index is 1240. The van der Waals surface area contributed by atoms with Crippen molar-refractivity contribution in [3.63, 3.8) is 0 Å². The summed E-state index contributed by atoms with van der Waals surface area (Å²) < 4.78 is 1.88. The van der Waals surface area contributed by atoms with Crippen molar-refractivity contribution in [2.45, 2.75) is 0 Å². The average Bonchev–Trinajstić information content (AvgIpc) is 3.21. The molecule has 0 aliphatic carbocycles. The molecule has 3 N–H and O–H groups in total. The molecule has 8 heteroatoms. The number of imidazole rings is 1. The lowest BCUT2D eigenvalue weighted by molar-refractivity contribution is 0.589. The van der Waals surface area contributed by atoms with E-state index in [2.05, 4.69) is 36.6 Å². The van der Waals surface area contributed by atoms with Gasteiger partial charge in [-0.2, -0.15) is 0 Å². The van der Waals surface area contributed by atoms with Crippen LogP contribution >= 0.6 is 0 Å². The van der Waals surface area contributed by atoms with Crippen molar-refractivity contribution in [3.8, 4) is 11.4 Å². The molecule has 0 spiro atoms. The summed E-state index contributed by atoms with van der Waals surface area (Å²) in [6.07, 6.45) is 5.33. The van der Waals surface area contributed by atoms with Gasteiger partial charge in [-0.05, 0) is 29.7 Å². The number of nitrogens with zero attached hydrogens (tertiary/aromatic N) is 4. The molecule has 4 heterocycles. The monoisotopic (exact) mass is 401 g/mol. The van der Waals surface area contributed by atoms with Crippen LogP contribution in [0.4, 0.5) is 17.2 Å². The molecular weight excluding hydrogens is 378 g/mol. The first-order valence-electron chi connectivity index (χ1n) is 10.0. The maximum Gasteiger partial charge on any atom is 0.258 e. The van der Waals surface area contributed by atoms with E-state index in [-0.39, 0.29) is 5.56 Å². The molecule has 0 saturated carbocycles. The number of nitrogens with one attached hydrogen (secondary N) is 3. The zero-order chi connectivity index (χ0) is 20.5. The van der Waals surface area contributed by atoms with Crippen LogP contribution < -0.4 is 21.1 Å². The van der Waals surface area contributed by atoms with E-state index >= 15 is 0 Å². The van der Waals surface area contributed by atoms with Gasteiger partial charge in [-0.3, -0.25) is 4.79 Å². The lowest BCUT2D eigenvalue weighted by Gasteiger charge is -2.29. The summed E-state index contributed by atoms with van der Waals surface area (Å²) in [5.41, 5.74) is 3.29. The second-order valence-corrected chi connectivity index (χ2v) is 7.44. The summed E-state index contributed by atoms with van der Waals surface area (Å²) in [6, 6.07) is 11.8. The van der Waals surface area contributed by atoms with Gasteiger partial charge >= 0.3 is 0 Å². The van der Waals surface area contributed by atoms with Crippen LogP contribution in [0.2, 0.25) is 0 Å². The summed E-state index contributed by atoms with van der Waals surface area (Å²) >= 11 is 0. The van der Waals surface area contributed by atoms with E-state index in [0.717, 1.165) is 54.3 Å². The highest BCUT2D eigenvalue weighted by Gasteiger charge is 2.13. The Morgan fingerprint density at radius 1 is 1.10 bits per heavy atom. The van der Waals surface area contributed by atoms with Gasteiger partial charge in [0.25, 0.3) is 5.56 Å². The predicted molar refractivity (Wildman–Crippen MR) is 119 cm³/mol. The minimum absolute atomic E-state index is 0.149. The van der Waals surface area contributed by atoms with E-state index in [1.807, 2.05) is 48.1 Å². The summed E-state index contributed by atoms with van der Waals surface area (Å²) in [4.78, 5) is 26.9. The molecule has 0 amide bonds. The number of hydrogen-bond acceptors (Lipinski definition) is 6. The molecular formula is C22H23N7O. The second-order valence-electron chi connectivity index (χ2n) is 7.44. The standard InChI is InChI=1S/C22H23N7O/c1-28-14-24-13-19(28)18-11-15-3-2-4-17(21(15)22(30)27-18)26-20-6-5-16(12-25-20)29-9-7-23-8-10-29/h2-6,11-14,23H,7-10H2,1H3,(H,25,26)(H,27,30). The van der Waals surface area contributed by atoms with Gasteiger partial charge < -0.3 is 25.1 Å². The van der Waals surface area contributed by atoms with Crippen LogP contribution in [0.25, 0.3) is 22.2 Å². The number of pyridine rings is 2. The van der Waals surface area contributed by atoms with E-state index in [1.165, 1.54) is 0 Å². The van der Waals surface area contributed by atoms with E-state index in [1.54, 1.807) is 12.5 Å². The number of anilines is 3.